The number of amides is 2. The Morgan fingerprint density at radius 1 is 0.909 bits per heavy atom. The number of methoxy groups -OCH3 is 2. The Morgan fingerprint density at radius 3 is 2.06 bits per heavy atom. The van der Waals surface area contributed by atoms with Crippen LogP contribution in [0.1, 0.15) is 25.0 Å². The number of carbonyl (C=O) groups is 2. The molecule has 2 amide bonds. The third kappa shape index (κ3) is 5.97. The van der Waals surface area contributed by atoms with Crippen molar-refractivity contribution in [1.82, 2.24) is 14.8 Å². The Kier molecular flexibility index (Phi) is 8.57. The summed E-state index contributed by atoms with van der Waals surface area (Å²) in [6.45, 7) is 5.80. The van der Waals surface area contributed by atoms with Crippen molar-refractivity contribution in [2.45, 2.75) is 26.5 Å². The van der Waals surface area contributed by atoms with Gasteiger partial charge in [-0.2, -0.15) is 0 Å². The maximum atomic E-state index is 13.6. The number of nitrogens with zero attached hydrogens (tertiary/aromatic N) is 3. The quantitative estimate of drug-likeness (QED) is 0.457. The lowest BCUT2D eigenvalue weighted by Crippen LogP contribution is -2.37. The van der Waals surface area contributed by atoms with E-state index in [0.717, 1.165) is 5.56 Å². The molecular formula is C25H31N3O5. The molecule has 0 spiro atoms. The number of carbonyl (C=O) groups excluding carboxylic acids is 2. The number of aromatic nitrogens is 1. The normalized spacial score (nSPS) is 13.9. The maximum absolute atomic E-state index is 13.6. The summed E-state index contributed by atoms with van der Waals surface area (Å²) in [4.78, 5) is 34.3. The fraction of sp³-hybridized carbons (Fsp3) is 0.400. The monoisotopic (exact) mass is 453 g/mol. The molecule has 1 aliphatic heterocycles. The predicted octanol–water partition coefficient (Wildman–Crippen LogP) is 2.74. The van der Waals surface area contributed by atoms with Gasteiger partial charge in [0.25, 0.3) is 11.8 Å². The molecule has 2 aromatic rings. The summed E-state index contributed by atoms with van der Waals surface area (Å²) in [6, 6.07) is 10.9. The van der Waals surface area contributed by atoms with Gasteiger partial charge >= 0.3 is 0 Å². The van der Waals surface area contributed by atoms with Gasteiger partial charge in [0.2, 0.25) is 0 Å². The van der Waals surface area contributed by atoms with E-state index in [0.29, 0.717) is 48.9 Å². The first-order valence-corrected chi connectivity index (χ1v) is 11.0. The molecule has 8 nitrogen and oxygen atoms in total. The van der Waals surface area contributed by atoms with Gasteiger partial charge < -0.3 is 19.1 Å². The van der Waals surface area contributed by atoms with Crippen LogP contribution in [0.5, 0.6) is 5.75 Å². The topological polar surface area (TPSA) is 81.2 Å². The number of benzene rings is 1. The average molecular weight is 454 g/mol. The highest BCUT2D eigenvalue weighted by atomic mass is 16.5. The van der Waals surface area contributed by atoms with Crippen LogP contribution in [0.3, 0.4) is 0 Å². The second kappa shape index (κ2) is 11.6. The van der Waals surface area contributed by atoms with Crippen LogP contribution >= 0.6 is 0 Å². The zero-order chi connectivity index (χ0) is 23.8. The molecule has 1 aromatic heterocycles. The van der Waals surface area contributed by atoms with Crippen LogP contribution in [0.2, 0.25) is 0 Å². The number of rotatable bonds is 12. The molecule has 33 heavy (non-hydrogen) atoms. The first-order valence-electron chi connectivity index (χ1n) is 11.0. The van der Waals surface area contributed by atoms with Crippen LogP contribution in [0.15, 0.2) is 54.5 Å². The van der Waals surface area contributed by atoms with Crippen LogP contribution in [0, 0.1) is 0 Å². The van der Waals surface area contributed by atoms with Gasteiger partial charge in [0.05, 0.1) is 31.4 Å². The van der Waals surface area contributed by atoms with Gasteiger partial charge in [-0.3, -0.25) is 19.5 Å². The molecule has 1 aromatic carbocycles. The highest BCUT2D eigenvalue weighted by Gasteiger charge is 2.41. The number of hydrogen-bond acceptors (Lipinski definition) is 7. The van der Waals surface area contributed by atoms with Crippen LogP contribution in [0.25, 0.3) is 5.57 Å². The van der Waals surface area contributed by atoms with Crippen LogP contribution in [-0.4, -0.2) is 73.2 Å². The van der Waals surface area contributed by atoms with E-state index in [1.807, 2.05) is 43.0 Å². The first kappa shape index (κ1) is 24.4. The van der Waals surface area contributed by atoms with Gasteiger partial charge in [0.1, 0.15) is 11.4 Å². The van der Waals surface area contributed by atoms with Gasteiger partial charge in [0, 0.05) is 39.7 Å². The number of ether oxygens (including phenoxy) is 3. The molecule has 0 aliphatic carbocycles. The minimum absolute atomic E-state index is 0.0368. The first-order chi connectivity index (χ1) is 16.0. The fourth-order valence-electron chi connectivity index (χ4n) is 3.64. The van der Waals surface area contributed by atoms with E-state index in [9.17, 15) is 9.59 Å². The van der Waals surface area contributed by atoms with Crippen molar-refractivity contribution >= 4 is 17.4 Å². The minimum atomic E-state index is -0.332. The molecule has 0 saturated heterocycles. The Balaban J connectivity index is 2.02. The molecule has 0 unspecified atom stereocenters. The van der Waals surface area contributed by atoms with Crippen molar-refractivity contribution in [2.75, 3.05) is 40.5 Å². The Morgan fingerprint density at radius 2 is 1.52 bits per heavy atom. The lowest BCUT2D eigenvalue weighted by Gasteiger charge is -2.25. The predicted molar refractivity (Wildman–Crippen MR) is 124 cm³/mol. The summed E-state index contributed by atoms with van der Waals surface area (Å²) in [6.07, 6.45) is 3.33. The molecule has 8 heteroatoms. The van der Waals surface area contributed by atoms with E-state index < -0.39 is 0 Å². The molecule has 2 heterocycles. The standard InChI is InChI=1S/C25H31N3O5/c1-18(2)33-21-7-5-20(6-8-21)22-23(27(13-15-31-3)14-16-32-4)25(30)28(24(22)29)17-19-9-11-26-12-10-19/h5-12,18H,13-17H2,1-4H3. The summed E-state index contributed by atoms with van der Waals surface area (Å²) in [7, 11) is 3.21. The lowest BCUT2D eigenvalue weighted by atomic mass is 10.0. The number of pyridine rings is 1. The van der Waals surface area contributed by atoms with E-state index in [4.69, 9.17) is 14.2 Å². The number of hydrogen-bond donors (Lipinski definition) is 0. The van der Waals surface area contributed by atoms with Crippen LogP contribution in [-0.2, 0) is 25.6 Å². The van der Waals surface area contributed by atoms with E-state index in [1.54, 1.807) is 38.7 Å². The van der Waals surface area contributed by atoms with Crippen molar-refractivity contribution in [2.24, 2.45) is 0 Å². The van der Waals surface area contributed by atoms with Crippen molar-refractivity contribution < 1.29 is 23.8 Å². The third-order valence-corrected chi connectivity index (χ3v) is 5.20. The van der Waals surface area contributed by atoms with Gasteiger partial charge in [-0.1, -0.05) is 12.1 Å². The number of imide groups is 1. The Hall–Kier alpha value is -3.23. The summed E-state index contributed by atoms with van der Waals surface area (Å²) in [5.74, 6) is 0.0441. The molecule has 0 fully saturated rings. The zero-order valence-corrected chi connectivity index (χ0v) is 19.6. The molecule has 3 rings (SSSR count). The van der Waals surface area contributed by atoms with Gasteiger partial charge in [-0.15, -0.1) is 0 Å². The van der Waals surface area contributed by atoms with Crippen molar-refractivity contribution in [3.63, 3.8) is 0 Å². The summed E-state index contributed by atoms with van der Waals surface area (Å²) < 4.78 is 16.2. The maximum Gasteiger partial charge on any atom is 0.278 e. The highest BCUT2D eigenvalue weighted by Crippen LogP contribution is 2.33. The molecule has 0 bridgehead atoms. The molecule has 0 atom stereocenters. The molecule has 1 aliphatic rings. The summed E-state index contributed by atoms with van der Waals surface area (Å²) >= 11 is 0. The third-order valence-electron chi connectivity index (χ3n) is 5.20. The summed E-state index contributed by atoms with van der Waals surface area (Å²) in [5, 5.41) is 0. The molecular weight excluding hydrogens is 422 g/mol. The average Bonchev–Trinajstić information content (AvgIpc) is 3.05. The summed E-state index contributed by atoms with van der Waals surface area (Å²) in [5.41, 5.74) is 2.22. The molecule has 0 N–H and O–H groups in total. The van der Waals surface area contributed by atoms with E-state index in [-0.39, 0.29) is 24.5 Å². The smallest absolute Gasteiger partial charge is 0.278 e. The largest absolute Gasteiger partial charge is 0.491 e. The molecule has 0 radical (unpaired) electrons. The van der Waals surface area contributed by atoms with Crippen molar-refractivity contribution in [1.29, 1.82) is 0 Å². The molecule has 0 saturated carbocycles. The highest BCUT2D eigenvalue weighted by molar-refractivity contribution is 6.35. The minimum Gasteiger partial charge on any atom is -0.491 e. The van der Waals surface area contributed by atoms with Gasteiger partial charge in [0.15, 0.2) is 0 Å². The van der Waals surface area contributed by atoms with Crippen LogP contribution in [0.4, 0.5) is 0 Å². The Labute approximate surface area is 194 Å². The Bertz CT molecular complexity index is 965. The zero-order valence-electron chi connectivity index (χ0n) is 19.6. The molecule has 176 valence electrons. The second-order valence-electron chi connectivity index (χ2n) is 7.94. The SMILES string of the molecule is COCCN(CCOC)C1=C(c2ccc(OC(C)C)cc2)C(=O)N(Cc2ccncc2)C1=O. The second-order valence-corrected chi connectivity index (χ2v) is 7.94. The van der Waals surface area contributed by atoms with E-state index >= 15 is 0 Å². The van der Waals surface area contributed by atoms with Crippen molar-refractivity contribution in [3.05, 3.63) is 65.6 Å². The van der Waals surface area contributed by atoms with Crippen molar-refractivity contribution in [3.8, 4) is 5.75 Å². The fourth-order valence-corrected chi connectivity index (χ4v) is 3.64. The lowest BCUT2D eigenvalue weighted by molar-refractivity contribution is -0.138. The van der Waals surface area contributed by atoms with E-state index in [2.05, 4.69) is 4.98 Å². The van der Waals surface area contributed by atoms with Crippen LogP contribution < -0.4 is 4.74 Å². The van der Waals surface area contributed by atoms with E-state index in [1.165, 1.54) is 4.90 Å². The van der Waals surface area contributed by atoms with Gasteiger partial charge in [-0.05, 0) is 49.2 Å². The van der Waals surface area contributed by atoms with Gasteiger partial charge in [-0.25, -0.2) is 0 Å².